The lowest BCUT2D eigenvalue weighted by molar-refractivity contribution is -0.274. The third kappa shape index (κ3) is 5.61. The van der Waals surface area contributed by atoms with Gasteiger partial charge in [0.1, 0.15) is 5.75 Å². The molecule has 0 saturated heterocycles. The van der Waals surface area contributed by atoms with E-state index in [2.05, 4.69) is 15.4 Å². The second kappa shape index (κ2) is 7.06. The Kier molecular flexibility index (Phi) is 5.33. The van der Waals surface area contributed by atoms with E-state index in [0.717, 1.165) is 5.56 Å². The number of alkyl halides is 3. The highest BCUT2D eigenvalue weighted by Crippen LogP contribution is 2.25. The molecule has 122 valence electrons. The minimum Gasteiger partial charge on any atom is -0.406 e. The summed E-state index contributed by atoms with van der Waals surface area (Å²) in [6.45, 7) is 1.85. The summed E-state index contributed by atoms with van der Waals surface area (Å²) in [5.41, 5.74) is 1.96. The summed E-state index contributed by atoms with van der Waals surface area (Å²) in [4.78, 5) is 0. The summed E-state index contributed by atoms with van der Waals surface area (Å²) >= 11 is 11.1. The highest BCUT2D eigenvalue weighted by molar-refractivity contribution is 7.80. The molecule has 23 heavy (non-hydrogen) atoms. The molecule has 0 atom stereocenters. The van der Waals surface area contributed by atoms with Crippen molar-refractivity contribution in [2.45, 2.75) is 13.3 Å². The molecule has 3 nitrogen and oxygen atoms in total. The van der Waals surface area contributed by atoms with Gasteiger partial charge < -0.3 is 15.4 Å². The van der Waals surface area contributed by atoms with Gasteiger partial charge in [0.15, 0.2) is 5.11 Å². The zero-order valence-corrected chi connectivity index (χ0v) is 13.4. The molecule has 0 radical (unpaired) electrons. The summed E-state index contributed by atoms with van der Waals surface area (Å²) in [7, 11) is 0. The van der Waals surface area contributed by atoms with Gasteiger partial charge in [0.05, 0.1) is 0 Å². The molecule has 0 aliphatic carbocycles. The van der Waals surface area contributed by atoms with E-state index in [1.54, 1.807) is 24.3 Å². The monoisotopic (exact) mass is 360 g/mol. The summed E-state index contributed by atoms with van der Waals surface area (Å²) in [5, 5.41) is 6.58. The van der Waals surface area contributed by atoms with Gasteiger partial charge in [-0.2, -0.15) is 0 Å². The molecule has 0 aliphatic rings. The van der Waals surface area contributed by atoms with Gasteiger partial charge in [-0.1, -0.05) is 17.7 Å². The predicted molar refractivity (Wildman–Crippen MR) is 89.2 cm³/mol. The second-order valence-corrected chi connectivity index (χ2v) is 5.43. The van der Waals surface area contributed by atoms with Gasteiger partial charge in [-0.3, -0.25) is 0 Å². The van der Waals surface area contributed by atoms with Gasteiger partial charge in [0.2, 0.25) is 0 Å². The summed E-state index contributed by atoms with van der Waals surface area (Å²) in [5.74, 6) is -0.326. The lowest BCUT2D eigenvalue weighted by atomic mass is 10.2. The smallest absolute Gasteiger partial charge is 0.406 e. The minimum atomic E-state index is -4.74. The largest absolute Gasteiger partial charge is 0.573 e. The Morgan fingerprint density at radius 3 is 2.35 bits per heavy atom. The first kappa shape index (κ1) is 17.4. The van der Waals surface area contributed by atoms with Crippen molar-refractivity contribution >= 4 is 40.3 Å². The van der Waals surface area contributed by atoms with Crippen LogP contribution in [-0.4, -0.2) is 11.5 Å². The fourth-order valence-corrected chi connectivity index (χ4v) is 2.14. The average Bonchev–Trinajstić information content (AvgIpc) is 2.41. The molecule has 0 aliphatic heterocycles. The van der Waals surface area contributed by atoms with Crippen molar-refractivity contribution in [2.24, 2.45) is 0 Å². The lowest BCUT2D eigenvalue weighted by Gasteiger charge is -2.13. The van der Waals surface area contributed by atoms with Crippen LogP contribution in [0.5, 0.6) is 5.75 Å². The van der Waals surface area contributed by atoms with E-state index in [1.807, 2.05) is 6.92 Å². The maximum absolute atomic E-state index is 12.2. The van der Waals surface area contributed by atoms with Gasteiger partial charge >= 0.3 is 6.36 Å². The van der Waals surface area contributed by atoms with E-state index in [0.29, 0.717) is 16.4 Å². The Bertz CT molecular complexity index is 722. The van der Waals surface area contributed by atoms with Gasteiger partial charge in [0.25, 0.3) is 0 Å². The Labute approximate surface area is 141 Å². The maximum Gasteiger partial charge on any atom is 0.573 e. The average molecular weight is 361 g/mol. The molecule has 0 fully saturated rings. The molecule has 2 aromatic rings. The Hall–Kier alpha value is -1.99. The number of hydrogen-bond donors (Lipinski definition) is 2. The van der Waals surface area contributed by atoms with Gasteiger partial charge in [0, 0.05) is 22.5 Å². The van der Waals surface area contributed by atoms with Gasteiger partial charge in [-0.15, -0.1) is 13.2 Å². The molecule has 0 amide bonds. The van der Waals surface area contributed by atoms with Crippen molar-refractivity contribution < 1.29 is 17.9 Å². The molecule has 2 aromatic carbocycles. The fraction of sp³-hybridized carbons (Fsp3) is 0.133. The fourth-order valence-electron chi connectivity index (χ4n) is 1.79. The number of rotatable bonds is 3. The number of halogens is 4. The molecule has 0 aromatic heterocycles. The molecule has 2 N–H and O–H groups in total. The summed E-state index contributed by atoms with van der Waals surface area (Å²) in [6, 6.07) is 10.7. The second-order valence-electron chi connectivity index (χ2n) is 4.62. The molecule has 2 rings (SSSR count). The van der Waals surface area contributed by atoms with Crippen molar-refractivity contribution in [3.63, 3.8) is 0 Å². The molecule has 0 bridgehead atoms. The third-order valence-electron chi connectivity index (χ3n) is 2.74. The van der Waals surface area contributed by atoms with E-state index in [1.165, 1.54) is 18.2 Å². The van der Waals surface area contributed by atoms with Crippen molar-refractivity contribution in [3.05, 3.63) is 53.1 Å². The summed E-state index contributed by atoms with van der Waals surface area (Å²) in [6.07, 6.45) is -4.74. The highest BCUT2D eigenvalue weighted by Gasteiger charge is 2.31. The molecule has 0 saturated carbocycles. The lowest BCUT2D eigenvalue weighted by Crippen LogP contribution is -2.20. The minimum absolute atomic E-state index is 0.232. The van der Waals surface area contributed by atoms with Crippen molar-refractivity contribution in [1.82, 2.24) is 0 Å². The van der Waals surface area contributed by atoms with Crippen LogP contribution in [0.3, 0.4) is 0 Å². The maximum atomic E-state index is 12.2. The quantitative estimate of drug-likeness (QED) is 0.722. The van der Waals surface area contributed by atoms with Crippen molar-refractivity contribution in [2.75, 3.05) is 10.6 Å². The number of anilines is 2. The molecule has 0 spiro atoms. The number of aryl methyl sites for hydroxylation is 1. The SMILES string of the molecule is Cc1cc(NC(=S)Nc2cccc(OC(F)(F)F)c2)ccc1Cl. The van der Waals surface area contributed by atoms with Crippen molar-refractivity contribution in [3.8, 4) is 5.75 Å². The highest BCUT2D eigenvalue weighted by atomic mass is 35.5. The van der Waals surface area contributed by atoms with Crippen LogP contribution in [0.4, 0.5) is 24.5 Å². The van der Waals surface area contributed by atoms with E-state index < -0.39 is 6.36 Å². The van der Waals surface area contributed by atoms with Crippen LogP contribution in [0.15, 0.2) is 42.5 Å². The van der Waals surface area contributed by atoms with Crippen LogP contribution in [0.25, 0.3) is 0 Å². The Morgan fingerprint density at radius 2 is 1.74 bits per heavy atom. The van der Waals surface area contributed by atoms with Crippen LogP contribution >= 0.6 is 23.8 Å². The first-order chi connectivity index (χ1) is 10.7. The van der Waals surface area contributed by atoms with Crippen LogP contribution in [0.1, 0.15) is 5.56 Å². The first-order valence-corrected chi connectivity index (χ1v) is 7.21. The number of ether oxygens (including phenoxy) is 1. The molecular weight excluding hydrogens is 349 g/mol. The van der Waals surface area contributed by atoms with Crippen LogP contribution in [0, 0.1) is 6.92 Å². The zero-order valence-electron chi connectivity index (χ0n) is 11.9. The van der Waals surface area contributed by atoms with Gasteiger partial charge in [-0.25, -0.2) is 0 Å². The topological polar surface area (TPSA) is 33.3 Å². The number of thiocarbonyl (C=S) groups is 1. The van der Waals surface area contributed by atoms with Gasteiger partial charge in [-0.05, 0) is 55.0 Å². The van der Waals surface area contributed by atoms with Crippen LogP contribution < -0.4 is 15.4 Å². The van der Waals surface area contributed by atoms with E-state index in [9.17, 15) is 13.2 Å². The first-order valence-electron chi connectivity index (χ1n) is 6.43. The molecular formula is C15H12ClF3N2OS. The van der Waals surface area contributed by atoms with E-state index in [-0.39, 0.29) is 10.9 Å². The molecule has 8 heteroatoms. The predicted octanol–water partition coefficient (Wildman–Crippen LogP) is 5.36. The normalized spacial score (nSPS) is 11.0. The van der Waals surface area contributed by atoms with E-state index in [4.69, 9.17) is 23.8 Å². The van der Waals surface area contributed by atoms with Crippen LogP contribution in [0.2, 0.25) is 5.02 Å². The number of benzene rings is 2. The third-order valence-corrected chi connectivity index (χ3v) is 3.37. The molecule has 0 heterocycles. The zero-order chi connectivity index (χ0) is 17.0. The number of nitrogens with one attached hydrogen (secondary N) is 2. The van der Waals surface area contributed by atoms with Crippen molar-refractivity contribution in [1.29, 1.82) is 0 Å². The molecule has 0 unspecified atom stereocenters. The standard InChI is InChI=1S/C15H12ClF3N2OS/c1-9-7-11(5-6-13(9)16)21-14(23)20-10-3-2-4-12(8-10)22-15(17,18)19/h2-8H,1H3,(H2,20,21,23). The van der Waals surface area contributed by atoms with Crippen LogP contribution in [-0.2, 0) is 0 Å². The Balaban J connectivity index is 2.02. The number of hydrogen-bond acceptors (Lipinski definition) is 2. The summed E-state index contributed by atoms with van der Waals surface area (Å²) < 4.78 is 40.5. The van der Waals surface area contributed by atoms with E-state index >= 15 is 0 Å². The Morgan fingerprint density at radius 1 is 1.09 bits per heavy atom.